The van der Waals surface area contributed by atoms with Crippen LogP contribution < -0.4 is 10.6 Å². The number of fused-ring (bicyclic) bond motifs is 2. The van der Waals surface area contributed by atoms with Crippen molar-refractivity contribution in [2.45, 2.75) is 225 Å². The van der Waals surface area contributed by atoms with Gasteiger partial charge in [0.2, 0.25) is 11.7 Å². The molecule has 28 nitrogen and oxygen atoms in total. The number of esters is 1. The number of carbonyl (C=O) groups is 2. The summed E-state index contributed by atoms with van der Waals surface area (Å²) in [7, 11) is 0. The molecule has 2 bridgehead atoms. The summed E-state index contributed by atoms with van der Waals surface area (Å²) in [5.41, 5.74) is 0. The quantitative estimate of drug-likeness (QED) is 0.0811. The van der Waals surface area contributed by atoms with Crippen molar-refractivity contribution < 1.29 is 130 Å². The highest BCUT2D eigenvalue weighted by Gasteiger charge is 2.53. The van der Waals surface area contributed by atoms with Crippen molar-refractivity contribution in [2.24, 2.45) is 17.8 Å². The lowest BCUT2D eigenvalue weighted by atomic mass is 9.82. The SMILES string of the molecule is CC1[C@H](C)OC(=O)C[C@H](O)C[C@H](O)CC[C@@H](O)[C@H](O)C[C@H](O)C[C@]2(O)C[C@H](O)C(C(=O)NCC(O)C(O)C(O)C(O)CO)C(C[C@@H](OC3O[C@H](C)[C@@H](O)[C@H](NC[C@@]4(O)OC[C@@H](O)[C@H](O)[C@@H]4O)[C@@H]3O)/C=C/C=C/C=C/C=C/C=C/C=C/C=C/[C@H](C)[C@H]1O)O2. The van der Waals surface area contributed by atoms with Crippen molar-refractivity contribution in [1.29, 1.82) is 0 Å². The lowest BCUT2D eigenvalue weighted by molar-refractivity contribution is -0.323. The molecule has 87 heavy (non-hydrogen) atoms. The van der Waals surface area contributed by atoms with Gasteiger partial charge in [0, 0.05) is 44.1 Å². The number of ether oxygens (including phenoxy) is 5. The maximum absolute atomic E-state index is 14.2. The molecule has 21 N–H and O–H groups in total. The maximum atomic E-state index is 14.2. The van der Waals surface area contributed by atoms with Crippen LogP contribution in [0.15, 0.2) is 85.1 Å². The molecular weight excluding hydrogens is 1150 g/mol. The number of aliphatic hydroxyl groups is 19. The number of amides is 1. The van der Waals surface area contributed by atoms with Crippen molar-refractivity contribution in [2.75, 3.05) is 26.3 Å². The third kappa shape index (κ3) is 23.4. The zero-order valence-electron chi connectivity index (χ0n) is 49.4. The number of carbonyl (C=O) groups excluding carboxylic acids is 2. The summed E-state index contributed by atoms with van der Waals surface area (Å²) in [4.78, 5) is 26.9. The van der Waals surface area contributed by atoms with E-state index >= 15 is 0 Å². The summed E-state index contributed by atoms with van der Waals surface area (Å²) in [6, 6.07) is -1.44. The third-order valence-electron chi connectivity index (χ3n) is 16.1. The second-order valence-electron chi connectivity index (χ2n) is 23.3. The standard InChI is InChI=1S/C59H96N2O26/c1-31-17-15-13-11-9-7-5-6-8-10-12-14-16-18-38(86-57-54(78)48(50(74)34(4)85-57)61-30-59(82)55(79)53(77)44(71)29-83-59)24-45-47(56(80)60-27-42(69)51(75)52(76)43(70)28-62)41(68)26-58(81,87-45)25-37(65)22-40(67)39(66)20-19-35(63)21-36(64)23-46(72)84-33(3)32(2)49(31)73/h5-18,31-45,47-55,57,61-71,73-79,81-82H,19-30H2,1-4H3,(H,60,80)/b6-5+,9-7+,10-8+,13-11+,14-12+,17-15+,18-16+/t31-,32?,33-,34+,35+,36+,37-,38-,39+,40+,41-,42?,43?,44+,45?,47?,48-,49+,50+,51?,52?,53-,54-,55-,57?,58+,59+/m0/s1. The van der Waals surface area contributed by atoms with Gasteiger partial charge in [0.25, 0.3) is 0 Å². The first kappa shape index (κ1) is 75.6. The molecule has 8 unspecified atom stereocenters. The Morgan fingerprint density at radius 1 is 0.644 bits per heavy atom. The van der Waals surface area contributed by atoms with Crippen LogP contribution in [0.5, 0.6) is 0 Å². The second kappa shape index (κ2) is 36.3. The molecular formula is C59H96N2O26. The molecule has 0 aliphatic carbocycles. The van der Waals surface area contributed by atoms with E-state index in [2.05, 4.69) is 10.6 Å². The highest BCUT2D eigenvalue weighted by atomic mass is 16.7. The van der Waals surface area contributed by atoms with Crippen LogP contribution in [0.2, 0.25) is 0 Å². The fourth-order valence-corrected chi connectivity index (χ4v) is 10.5. The molecule has 0 saturated carbocycles. The van der Waals surface area contributed by atoms with Crippen LogP contribution in [0.3, 0.4) is 0 Å². The molecule has 0 aromatic rings. The van der Waals surface area contributed by atoms with Gasteiger partial charge < -0.3 is 131 Å². The zero-order valence-corrected chi connectivity index (χ0v) is 49.4. The van der Waals surface area contributed by atoms with Gasteiger partial charge in [0.05, 0.1) is 111 Å². The summed E-state index contributed by atoms with van der Waals surface area (Å²) < 4.78 is 29.1. The fourth-order valence-electron chi connectivity index (χ4n) is 10.5. The predicted octanol–water partition coefficient (Wildman–Crippen LogP) is -5.39. The minimum atomic E-state index is -2.54. The largest absolute Gasteiger partial charge is 0.462 e. The molecule has 1 amide bonds. The average Bonchev–Trinajstić information content (AvgIpc) is 1.34. The van der Waals surface area contributed by atoms with Crippen molar-refractivity contribution >= 4 is 11.9 Å². The van der Waals surface area contributed by atoms with E-state index in [1.165, 1.54) is 19.1 Å². The van der Waals surface area contributed by atoms with Crippen molar-refractivity contribution in [1.82, 2.24) is 10.6 Å². The van der Waals surface area contributed by atoms with E-state index < -0.39 is 228 Å². The van der Waals surface area contributed by atoms with E-state index in [-0.39, 0.29) is 25.2 Å². The highest BCUT2D eigenvalue weighted by Crippen LogP contribution is 2.39. The van der Waals surface area contributed by atoms with E-state index in [0.717, 1.165) is 0 Å². The number of hydrogen-bond acceptors (Lipinski definition) is 27. The molecule has 0 aromatic carbocycles. The number of aliphatic hydroxyl groups excluding tert-OH is 17. The highest BCUT2D eigenvalue weighted by molar-refractivity contribution is 5.80. The average molecular weight is 1250 g/mol. The Balaban J connectivity index is 1.70. The Bertz CT molecular complexity index is 2270. The second-order valence-corrected chi connectivity index (χ2v) is 23.3. The smallest absolute Gasteiger partial charge is 0.308 e. The summed E-state index contributed by atoms with van der Waals surface area (Å²) in [5.74, 6) is -9.49. The minimum absolute atomic E-state index is 0.192. The lowest BCUT2D eigenvalue weighted by Gasteiger charge is -2.47. The van der Waals surface area contributed by atoms with Crippen LogP contribution in [0.4, 0.5) is 0 Å². The fraction of sp³-hybridized carbons (Fsp3) is 0.729. The Morgan fingerprint density at radius 2 is 1.23 bits per heavy atom. The topological polar surface area (TPSA) is 489 Å². The van der Waals surface area contributed by atoms with Crippen LogP contribution in [-0.2, 0) is 33.3 Å². The van der Waals surface area contributed by atoms with Gasteiger partial charge in [0.1, 0.15) is 48.8 Å². The van der Waals surface area contributed by atoms with E-state index in [0.29, 0.717) is 0 Å². The van der Waals surface area contributed by atoms with E-state index in [1.807, 2.05) is 0 Å². The molecule has 3 fully saturated rings. The van der Waals surface area contributed by atoms with Crippen molar-refractivity contribution in [3.63, 3.8) is 0 Å². The first-order valence-electron chi connectivity index (χ1n) is 29.4. The van der Waals surface area contributed by atoms with Gasteiger partial charge in [0.15, 0.2) is 12.1 Å². The van der Waals surface area contributed by atoms with Crippen molar-refractivity contribution in [3.05, 3.63) is 85.1 Å². The Hall–Kier alpha value is -3.84. The molecule has 4 aliphatic heterocycles. The Kier molecular flexibility index (Phi) is 31.5. The summed E-state index contributed by atoms with van der Waals surface area (Å²) in [5, 5.41) is 210. The molecule has 0 spiro atoms. The molecule has 4 rings (SSSR count). The first-order chi connectivity index (χ1) is 40.9. The van der Waals surface area contributed by atoms with E-state index in [4.69, 9.17) is 23.7 Å². The van der Waals surface area contributed by atoms with Crippen LogP contribution in [0, 0.1) is 17.8 Å². The van der Waals surface area contributed by atoms with Crippen LogP contribution in [0.25, 0.3) is 0 Å². The summed E-state index contributed by atoms with van der Waals surface area (Å²) >= 11 is 0. The van der Waals surface area contributed by atoms with Gasteiger partial charge in [-0.15, -0.1) is 0 Å². The Labute approximate surface area is 505 Å². The van der Waals surface area contributed by atoms with Gasteiger partial charge >= 0.3 is 5.97 Å². The monoisotopic (exact) mass is 1250 g/mol. The molecule has 3 saturated heterocycles. The molecule has 0 radical (unpaired) electrons. The number of allylic oxidation sites excluding steroid dienone is 12. The van der Waals surface area contributed by atoms with Crippen molar-refractivity contribution in [3.8, 4) is 0 Å². The third-order valence-corrected chi connectivity index (χ3v) is 16.1. The molecule has 498 valence electrons. The predicted molar refractivity (Wildman–Crippen MR) is 306 cm³/mol. The molecule has 27 atom stereocenters. The summed E-state index contributed by atoms with van der Waals surface area (Å²) in [6.07, 6.45) is -14.6. The first-order valence-corrected chi connectivity index (χ1v) is 29.4. The summed E-state index contributed by atoms with van der Waals surface area (Å²) in [6.45, 7) is 3.39. The molecule has 4 heterocycles. The van der Waals surface area contributed by atoms with Gasteiger partial charge in [-0.25, -0.2) is 0 Å². The number of nitrogens with one attached hydrogen (secondary N) is 2. The van der Waals surface area contributed by atoms with Gasteiger partial charge in [-0.1, -0.05) is 98.9 Å². The van der Waals surface area contributed by atoms with E-state index in [9.17, 15) is 107 Å². The van der Waals surface area contributed by atoms with Gasteiger partial charge in [-0.3, -0.25) is 9.59 Å². The molecule has 4 aliphatic rings. The zero-order chi connectivity index (χ0) is 64.9. The van der Waals surface area contributed by atoms with Gasteiger partial charge in [-0.2, -0.15) is 0 Å². The van der Waals surface area contributed by atoms with Crippen LogP contribution in [-0.4, -0.2) is 281 Å². The number of rotatable bonds is 12. The normalized spacial score (nSPS) is 43.9. The Morgan fingerprint density at radius 3 is 1.84 bits per heavy atom. The molecule has 28 heteroatoms. The number of hydrogen-bond donors (Lipinski definition) is 21. The van der Waals surface area contributed by atoms with E-state index in [1.54, 1.807) is 93.7 Å². The maximum Gasteiger partial charge on any atom is 0.308 e. The molecule has 0 aromatic heterocycles. The number of cyclic esters (lactones) is 1. The minimum Gasteiger partial charge on any atom is -0.462 e. The van der Waals surface area contributed by atoms with Gasteiger partial charge in [-0.05, 0) is 33.1 Å². The van der Waals surface area contributed by atoms with Crippen LogP contribution >= 0.6 is 0 Å². The lowest BCUT2D eigenvalue weighted by Crippen LogP contribution is -2.69. The van der Waals surface area contributed by atoms with Crippen LogP contribution in [0.1, 0.15) is 79.1 Å².